The van der Waals surface area contributed by atoms with Gasteiger partial charge >= 0.3 is 0 Å². The maximum absolute atomic E-state index is 5.83. The summed E-state index contributed by atoms with van der Waals surface area (Å²) in [6.07, 6.45) is 5.21. The van der Waals surface area contributed by atoms with E-state index in [4.69, 9.17) is 23.2 Å². The second-order valence-corrected chi connectivity index (χ2v) is 3.02. The molecular weight excluding hydrogens is 207 g/mol. The number of allylic oxidation sites excluding steroid dienone is 1. The summed E-state index contributed by atoms with van der Waals surface area (Å²) in [6.45, 7) is 5.44. The zero-order chi connectivity index (χ0) is 9.84. The lowest BCUT2D eigenvalue weighted by atomic mass is 10.3. The van der Waals surface area contributed by atoms with Crippen molar-refractivity contribution in [3.05, 3.63) is 33.4 Å². The van der Waals surface area contributed by atoms with Crippen molar-refractivity contribution in [2.75, 3.05) is 0 Å². The first kappa shape index (κ1) is 10.2. The van der Waals surface area contributed by atoms with Gasteiger partial charge in [-0.3, -0.25) is 0 Å². The van der Waals surface area contributed by atoms with E-state index in [1.165, 1.54) is 0 Å². The third-order valence-corrected chi connectivity index (χ3v) is 2.09. The molecule has 0 radical (unpaired) electrons. The zero-order valence-corrected chi connectivity index (χ0v) is 8.60. The van der Waals surface area contributed by atoms with Crippen LogP contribution >= 0.6 is 23.2 Å². The van der Waals surface area contributed by atoms with Crippen molar-refractivity contribution in [1.29, 1.82) is 0 Å². The lowest BCUT2D eigenvalue weighted by Gasteiger charge is -1.93. The van der Waals surface area contributed by atoms with Crippen LogP contribution in [0, 0.1) is 0 Å². The third-order valence-electron chi connectivity index (χ3n) is 1.53. The second-order valence-electron chi connectivity index (χ2n) is 2.30. The minimum atomic E-state index is 0.331. The Labute approximate surface area is 86.2 Å². The van der Waals surface area contributed by atoms with E-state index in [2.05, 4.69) is 16.8 Å². The number of hydrogen-bond acceptors (Lipinski definition) is 2. The van der Waals surface area contributed by atoms with Crippen molar-refractivity contribution < 1.29 is 0 Å². The van der Waals surface area contributed by atoms with Gasteiger partial charge < -0.3 is 0 Å². The number of aromatic nitrogens is 2. The molecule has 0 aromatic carbocycles. The molecule has 4 heteroatoms. The Morgan fingerprint density at radius 1 is 1.15 bits per heavy atom. The molecule has 2 nitrogen and oxygen atoms in total. The van der Waals surface area contributed by atoms with Crippen LogP contribution in [0.1, 0.15) is 6.92 Å². The fourth-order valence-corrected chi connectivity index (χ4v) is 1.42. The summed E-state index contributed by atoms with van der Waals surface area (Å²) >= 11 is 11.6. The summed E-state index contributed by atoms with van der Waals surface area (Å²) in [5.74, 6) is 0. The van der Waals surface area contributed by atoms with E-state index in [9.17, 15) is 0 Å². The summed E-state index contributed by atoms with van der Waals surface area (Å²) < 4.78 is 0. The Morgan fingerprint density at radius 3 is 2.15 bits per heavy atom. The van der Waals surface area contributed by atoms with Crippen molar-refractivity contribution in [3.63, 3.8) is 0 Å². The highest BCUT2D eigenvalue weighted by molar-refractivity contribution is 6.31. The van der Waals surface area contributed by atoms with Gasteiger partial charge in [0.1, 0.15) is 0 Å². The van der Waals surface area contributed by atoms with Crippen LogP contribution in [0.3, 0.4) is 0 Å². The average molecular weight is 215 g/mol. The highest BCUT2D eigenvalue weighted by atomic mass is 35.5. The van der Waals surface area contributed by atoms with Gasteiger partial charge in [0.05, 0.1) is 0 Å². The van der Waals surface area contributed by atoms with Gasteiger partial charge in [0, 0.05) is 10.4 Å². The number of halogens is 2. The van der Waals surface area contributed by atoms with Crippen molar-refractivity contribution in [3.8, 4) is 0 Å². The van der Waals surface area contributed by atoms with Crippen LogP contribution < -0.4 is 10.4 Å². The van der Waals surface area contributed by atoms with Crippen molar-refractivity contribution >= 4 is 35.4 Å². The van der Waals surface area contributed by atoms with Crippen LogP contribution in [-0.2, 0) is 0 Å². The molecule has 0 unspecified atom stereocenters. The minimum Gasteiger partial charge on any atom is -0.136 e. The SMILES string of the molecule is C=C/C=c1/c(Cl)nnc(Cl)/c1=C/C. The Morgan fingerprint density at radius 2 is 1.69 bits per heavy atom. The molecule has 0 aliphatic rings. The van der Waals surface area contributed by atoms with E-state index >= 15 is 0 Å². The summed E-state index contributed by atoms with van der Waals surface area (Å²) in [6, 6.07) is 0. The molecule has 1 aromatic rings. The first-order chi connectivity index (χ1) is 6.20. The van der Waals surface area contributed by atoms with Gasteiger partial charge in [0.2, 0.25) is 0 Å². The largest absolute Gasteiger partial charge is 0.159 e. The summed E-state index contributed by atoms with van der Waals surface area (Å²) in [5.41, 5.74) is 0. The second kappa shape index (κ2) is 4.40. The Hall–Kier alpha value is -0.860. The van der Waals surface area contributed by atoms with Crippen LogP contribution in [0.15, 0.2) is 12.7 Å². The fourth-order valence-electron chi connectivity index (χ4n) is 0.969. The van der Waals surface area contributed by atoms with E-state index in [1.54, 1.807) is 12.2 Å². The van der Waals surface area contributed by atoms with Gasteiger partial charge in [-0.25, -0.2) is 0 Å². The zero-order valence-electron chi connectivity index (χ0n) is 7.09. The first-order valence-electron chi connectivity index (χ1n) is 3.67. The predicted molar refractivity (Wildman–Crippen MR) is 56.1 cm³/mol. The standard InChI is InChI=1S/C9H8Cl2N2/c1-3-5-7-6(4-2)8(10)12-13-9(7)11/h3-5H,1H2,2H3/b6-4+,7-5+. The van der Waals surface area contributed by atoms with Gasteiger partial charge in [0.15, 0.2) is 10.3 Å². The van der Waals surface area contributed by atoms with Gasteiger partial charge in [-0.15, -0.1) is 10.2 Å². The van der Waals surface area contributed by atoms with Gasteiger partial charge in [-0.2, -0.15) is 0 Å². The highest BCUT2D eigenvalue weighted by Gasteiger charge is 1.99. The van der Waals surface area contributed by atoms with Gasteiger partial charge in [0.25, 0.3) is 0 Å². The molecule has 1 aromatic heterocycles. The highest BCUT2D eigenvalue weighted by Crippen LogP contribution is 1.95. The van der Waals surface area contributed by atoms with E-state index in [0.717, 1.165) is 10.4 Å². The van der Waals surface area contributed by atoms with Crippen LogP contribution in [0.2, 0.25) is 10.3 Å². The Bertz CT molecular complexity index is 438. The summed E-state index contributed by atoms with van der Waals surface area (Å²) in [5, 5.41) is 9.59. The van der Waals surface area contributed by atoms with E-state index < -0.39 is 0 Å². The van der Waals surface area contributed by atoms with Gasteiger partial charge in [-0.1, -0.05) is 48.0 Å². The number of rotatable bonds is 1. The average Bonchev–Trinajstić information content (AvgIpc) is 2.12. The molecule has 0 spiro atoms. The molecule has 0 saturated carbocycles. The molecule has 13 heavy (non-hydrogen) atoms. The lowest BCUT2D eigenvalue weighted by Crippen LogP contribution is -2.28. The molecule has 0 amide bonds. The van der Waals surface area contributed by atoms with E-state index in [1.807, 2.05) is 13.0 Å². The molecule has 0 fully saturated rings. The van der Waals surface area contributed by atoms with Crippen LogP contribution in [0.4, 0.5) is 0 Å². The predicted octanol–water partition coefficient (Wildman–Crippen LogP) is 1.55. The monoisotopic (exact) mass is 214 g/mol. The van der Waals surface area contributed by atoms with Crippen molar-refractivity contribution in [2.45, 2.75) is 6.92 Å². The molecule has 1 heterocycles. The Balaban J connectivity index is 3.75. The first-order valence-corrected chi connectivity index (χ1v) is 4.43. The summed E-state index contributed by atoms with van der Waals surface area (Å²) in [4.78, 5) is 0. The van der Waals surface area contributed by atoms with Crippen LogP contribution in [0.25, 0.3) is 12.2 Å². The van der Waals surface area contributed by atoms with Crippen LogP contribution in [0.5, 0.6) is 0 Å². The maximum atomic E-state index is 5.83. The molecular formula is C9H8Cl2N2. The van der Waals surface area contributed by atoms with Crippen molar-refractivity contribution in [1.82, 2.24) is 10.2 Å². The quantitative estimate of drug-likeness (QED) is 0.710. The maximum Gasteiger partial charge on any atom is 0.159 e. The molecule has 0 aliphatic carbocycles. The molecule has 0 aliphatic heterocycles. The van der Waals surface area contributed by atoms with Crippen LogP contribution in [-0.4, -0.2) is 10.2 Å². The molecule has 1 rings (SSSR count). The third kappa shape index (κ3) is 2.08. The molecule has 0 bridgehead atoms. The molecule has 68 valence electrons. The lowest BCUT2D eigenvalue weighted by molar-refractivity contribution is 1.01. The Kier molecular flexibility index (Phi) is 3.46. The number of nitrogens with zero attached hydrogens (tertiary/aromatic N) is 2. The molecule has 0 atom stereocenters. The topological polar surface area (TPSA) is 25.8 Å². The van der Waals surface area contributed by atoms with Gasteiger partial charge in [-0.05, 0) is 6.92 Å². The van der Waals surface area contributed by atoms with E-state index in [-0.39, 0.29) is 0 Å². The molecule has 0 N–H and O–H groups in total. The molecule has 0 saturated heterocycles. The smallest absolute Gasteiger partial charge is 0.136 e. The summed E-state index contributed by atoms with van der Waals surface area (Å²) in [7, 11) is 0. The fraction of sp³-hybridized carbons (Fsp3) is 0.111. The normalized spacial score (nSPS) is 13.5. The minimum absolute atomic E-state index is 0.331. The van der Waals surface area contributed by atoms with E-state index in [0.29, 0.717) is 10.3 Å². The number of hydrogen-bond donors (Lipinski definition) is 0. The van der Waals surface area contributed by atoms with Crippen molar-refractivity contribution in [2.24, 2.45) is 0 Å².